The van der Waals surface area contributed by atoms with Crippen LogP contribution in [0.3, 0.4) is 0 Å². The Hall–Kier alpha value is -3.77. The third-order valence-electron chi connectivity index (χ3n) is 5.52. The van der Waals surface area contributed by atoms with Crippen molar-refractivity contribution in [2.45, 2.75) is 18.3 Å². The number of fused-ring (bicyclic) bond motifs is 1. The molecule has 33 heavy (non-hydrogen) atoms. The number of hydrogen-bond donors (Lipinski definition) is 0. The fourth-order valence-corrected chi connectivity index (χ4v) is 4.03. The first-order valence-corrected chi connectivity index (χ1v) is 10.6. The molecule has 3 aromatic carbocycles. The number of halogens is 2. The van der Waals surface area contributed by atoms with Gasteiger partial charge in [0.2, 0.25) is 0 Å². The van der Waals surface area contributed by atoms with Gasteiger partial charge in [-0.15, -0.1) is 0 Å². The van der Waals surface area contributed by atoms with Crippen LogP contribution in [0.15, 0.2) is 103 Å². The Morgan fingerprint density at radius 2 is 1.30 bits per heavy atom. The molecule has 5 rings (SSSR count). The summed E-state index contributed by atoms with van der Waals surface area (Å²) in [5.74, 6) is 0.134. The number of pyridine rings is 1. The van der Waals surface area contributed by atoms with Gasteiger partial charge < -0.3 is 14.2 Å². The summed E-state index contributed by atoms with van der Waals surface area (Å²) in [4.78, 5) is 4.35. The van der Waals surface area contributed by atoms with Crippen LogP contribution >= 0.6 is 0 Å². The minimum atomic E-state index is -3.38. The summed E-state index contributed by atoms with van der Waals surface area (Å²) in [6, 6.07) is 31.1. The van der Waals surface area contributed by atoms with Crippen LogP contribution in [0.1, 0.15) is 22.4 Å². The van der Waals surface area contributed by atoms with Gasteiger partial charge in [-0.05, 0) is 16.7 Å². The second-order valence-corrected chi connectivity index (χ2v) is 7.72. The molecule has 0 radical (unpaired) electrons. The first kappa shape index (κ1) is 21.1. The molecule has 1 aliphatic rings. The molecule has 6 heteroatoms. The third kappa shape index (κ3) is 4.17. The first-order valence-electron chi connectivity index (χ1n) is 10.6. The standard InChI is InChI=1S/C27H21F2NO3/c28-26(29)19-31-25-17-30-23(16-24(25)33-26)18-32-27(20-10-4-1-5-11-20,21-12-6-2-7-13-21)22-14-8-3-9-15-22/h1-17H,18-19H2. The Kier molecular flexibility index (Phi) is 5.52. The van der Waals surface area contributed by atoms with Crippen molar-refractivity contribution in [1.82, 2.24) is 4.98 Å². The highest BCUT2D eigenvalue weighted by Gasteiger charge is 2.39. The van der Waals surface area contributed by atoms with Gasteiger partial charge in [-0.3, -0.25) is 4.98 Å². The van der Waals surface area contributed by atoms with Crippen LogP contribution in [0.2, 0.25) is 0 Å². The van der Waals surface area contributed by atoms with Crippen LogP contribution in [0.25, 0.3) is 0 Å². The number of alkyl halides is 2. The summed E-state index contributed by atoms with van der Waals surface area (Å²) in [6.07, 6.45) is -1.99. The van der Waals surface area contributed by atoms with Gasteiger partial charge in [0.25, 0.3) is 0 Å². The Morgan fingerprint density at radius 3 is 1.82 bits per heavy atom. The highest BCUT2D eigenvalue weighted by Crippen LogP contribution is 2.42. The molecule has 0 atom stereocenters. The highest BCUT2D eigenvalue weighted by atomic mass is 19.3. The predicted octanol–water partition coefficient (Wildman–Crippen LogP) is 5.95. The lowest BCUT2D eigenvalue weighted by Crippen LogP contribution is -2.36. The van der Waals surface area contributed by atoms with Crippen molar-refractivity contribution in [3.05, 3.63) is 126 Å². The zero-order valence-electron chi connectivity index (χ0n) is 17.7. The van der Waals surface area contributed by atoms with Crippen LogP contribution < -0.4 is 9.47 Å². The molecule has 4 nitrogen and oxygen atoms in total. The molecule has 0 fully saturated rings. The van der Waals surface area contributed by atoms with E-state index in [0.717, 1.165) is 16.7 Å². The number of aromatic nitrogens is 1. The number of hydrogen-bond acceptors (Lipinski definition) is 4. The maximum atomic E-state index is 13.7. The van der Waals surface area contributed by atoms with Gasteiger partial charge in [-0.1, -0.05) is 91.0 Å². The second kappa shape index (κ2) is 8.64. The Balaban J connectivity index is 1.58. The molecule has 1 aliphatic heterocycles. The van der Waals surface area contributed by atoms with Crippen LogP contribution in [0.5, 0.6) is 11.5 Å². The molecule has 0 spiro atoms. The number of ether oxygens (including phenoxy) is 3. The van der Waals surface area contributed by atoms with Crippen LogP contribution in [-0.4, -0.2) is 17.7 Å². The zero-order chi connectivity index (χ0) is 22.7. The number of benzene rings is 3. The Bertz CT molecular complexity index is 1120. The molecule has 0 unspecified atom stereocenters. The molecular formula is C27H21F2NO3. The average Bonchev–Trinajstić information content (AvgIpc) is 2.86. The van der Waals surface area contributed by atoms with E-state index in [1.165, 1.54) is 12.3 Å². The van der Waals surface area contributed by atoms with Gasteiger partial charge in [0.05, 0.1) is 18.5 Å². The summed E-state index contributed by atoms with van der Waals surface area (Å²) >= 11 is 0. The summed E-state index contributed by atoms with van der Waals surface area (Å²) in [5.41, 5.74) is 2.31. The quantitative estimate of drug-likeness (QED) is 0.344. The van der Waals surface area contributed by atoms with Gasteiger partial charge in [0.1, 0.15) is 5.60 Å². The van der Waals surface area contributed by atoms with Crippen molar-refractivity contribution < 1.29 is 23.0 Å². The molecule has 0 N–H and O–H groups in total. The maximum absolute atomic E-state index is 13.7. The van der Waals surface area contributed by atoms with Crippen molar-refractivity contribution in [2.24, 2.45) is 0 Å². The SMILES string of the molecule is FC1(F)COc2cnc(COC(c3ccccc3)(c3ccccc3)c3ccccc3)cc2O1. The molecule has 2 heterocycles. The van der Waals surface area contributed by atoms with Gasteiger partial charge in [-0.2, -0.15) is 8.78 Å². The zero-order valence-corrected chi connectivity index (χ0v) is 17.7. The topological polar surface area (TPSA) is 40.6 Å². The lowest BCUT2D eigenvalue weighted by molar-refractivity contribution is -0.209. The first-order chi connectivity index (χ1) is 16.1. The highest BCUT2D eigenvalue weighted by molar-refractivity contribution is 5.47. The summed E-state index contributed by atoms with van der Waals surface area (Å²) < 4.78 is 43.8. The molecule has 0 amide bonds. The average molecular weight is 445 g/mol. The lowest BCUT2D eigenvalue weighted by Gasteiger charge is -2.36. The fraction of sp³-hybridized carbons (Fsp3) is 0.148. The van der Waals surface area contributed by atoms with Gasteiger partial charge in [0.15, 0.2) is 18.1 Å². The summed E-state index contributed by atoms with van der Waals surface area (Å²) in [6.45, 7) is -0.780. The van der Waals surface area contributed by atoms with Gasteiger partial charge in [-0.25, -0.2) is 0 Å². The monoisotopic (exact) mass is 445 g/mol. The molecule has 0 bridgehead atoms. The molecular weight excluding hydrogens is 424 g/mol. The molecule has 0 aliphatic carbocycles. The van der Waals surface area contributed by atoms with E-state index in [-0.39, 0.29) is 18.1 Å². The lowest BCUT2D eigenvalue weighted by atomic mass is 9.80. The molecule has 0 saturated heterocycles. The van der Waals surface area contributed by atoms with Crippen molar-refractivity contribution in [1.29, 1.82) is 0 Å². The van der Waals surface area contributed by atoms with Crippen LogP contribution in [0, 0.1) is 0 Å². The van der Waals surface area contributed by atoms with E-state index in [4.69, 9.17) is 14.2 Å². The van der Waals surface area contributed by atoms with E-state index in [1.54, 1.807) is 0 Å². The van der Waals surface area contributed by atoms with E-state index in [0.29, 0.717) is 5.69 Å². The maximum Gasteiger partial charge on any atom is 0.433 e. The third-order valence-corrected chi connectivity index (χ3v) is 5.52. The van der Waals surface area contributed by atoms with Crippen molar-refractivity contribution in [3.63, 3.8) is 0 Å². The van der Waals surface area contributed by atoms with Gasteiger partial charge >= 0.3 is 6.11 Å². The van der Waals surface area contributed by atoms with E-state index in [1.807, 2.05) is 91.0 Å². The van der Waals surface area contributed by atoms with Crippen LogP contribution in [0.4, 0.5) is 8.78 Å². The number of nitrogens with zero attached hydrogens (tertiary/aromatic N) is 1. The Labute approximate surface area is 190 Å². The summed E-state index contributed by atoms with van der Waals surface area (Å²) in [7, 11) is 0. The minimum Gasteiger partial charge on any atom is -0.478 e. The number of rotatable bonds is 6. The Morgan fingerprint density at radius 1 is 0.788 bits per heavy atom. The predicted molar refractivity (Wildman–Crippen MR) is 119 cm³/mol. The molecule has 166 valence electrons. The van der Waals surface area contributed by atoms with Crippen molar-refractivity contribution in [2.75, 3.05) is 6.61 Å². The largest absolute Gasteiger partial charge is 0.478 e. The fourth-order valence-electron chi connectivity index (χ4n) is 4.03. The molecule has 4 aromatic rings. The van der Waals surface area contributed by atoms with E-state index in [9.17, 15) is 8.78 Å². The van der Waals surface area contributed by atoms with Crippen molar-refractivity contribution >= 4 is 0 Å². The smallest absolute Gasteiger partial charge is 0.433 e. The van der Waals surface area contributed by atoms with E-state index >= 15 is 0 Å². The van der Waals surface area contributed by atoms with Crippen LogP contribution in [-0.2, 0) is 16.9 Å². The normalized spacial score (nSPS) is 14.6. The van der Waals surface area contributed by atoms with Gasteiger partial charge in [0, 0.05) is 6.07 Å². The molecule has 0 saturated carbocycles. The second-order valence-electron chi connectivity index (χ2n) is 7.72. The van der Waals surface area contributed by atoms with Crippen molar-refractivity contribution in [3.8, 4) is 11.5 Å². The summed E-state index contributed by atoms with van der Waals surface area (Å²) in [5, 5.41) is 0. The van der Waals surface area contributed by atoms with E-state index < -0.39 is 18.3 Å². The minimum absolute atomic E-state index is 0.0513. The van der Waals surface area contributed by atoms with E-state index in [2.05, 4.69) is 4.98 Å². The molecule has 1 aromatic heterocycles.